The van der Waals surface area contributed by atoms with Crippen LogP contribution in [0.3, 0.4) is 0 Å². The number of halogens is 1. The molecule has 0 atom stereocenters. The van der Waals surface area contributed by atoms with E-state index in [2.05, 4.69) is 44.7 Å². The van der Waals surface area contributed by atoms with E-state index in [1.165, 1.54) is 16.2 Å². The lowest BCUT2D eigenvalue weighted by atomic mass is 10.3. The third-order valence-electron chi connectivity index (χ3n) is 2.49. The van der Waals surface area contributed by atoms with Gasteiger partial charge in [0.1, 0.15) is 0 Å². The summed E-state index contributed by atoms with van der Waals surface area (Å²) in [5.74, 6) is 4.88. The molecule has 4 nitrogen and oxygen atoms in total. The zero-order chi connectivity index (χ0) is 13.8. The number of carbonyl (C=O) groups is 1. The van der Waals surface area contributed by atoms with Crippen LogP contribution in [0.25, 0.3) is 0 Å². The molecule has 0 bridgehead atoms. The Bertz CT molecular complexity index is 567. The van der Waals surface area contributed by atoms with Crippen LogP contribution in [0.5, 0.6) is 0 Å². The van der Waals surface area contributed by atoms with Gasteiger partial charge in [0.25, 0.3) is 5.91 Å². The number of thiophene rings is 2. The van der Waals surface area contributed by atoms with Crippen molar-refractivity contribution in [3.05, 3.63) is 42.7 Å². The maximum absolute atomic E-state index is 11.4. The van der Waals surface area contributed by atoms with Gasteiger partial charge in [-0.2, -0.15) is 0 Å². The Morgan fingerprint density at radius 3 is 2.79 bits per heavy atom. The molecule has 2 aromatic heterocycles. The second kappa shape index (κ2) is 6.62. The molecule has 0 aliphatic carbocycles. The second-order valence-electron chi connectivity index (χ2n) is 4.14. The van der Waals surface area contributed by atoms with Gasteiger partial charge in [-0.15, -0.1) is 22.7 Å². The van der Waals surface area contributed by atoms with E-state index >= 15 is 0 Å². The lowest BCUT2D eigenvalue weighted by Crippen LogP contribution is -2.29. The van der Waals surface area contributed by atoms with E-state index in [0.717, 1.165) is 22.4 Å². The van der Waals surface area contributed by atoms with Gasteiger partial charge in [0.15, 0.2) is 0 Å². The number of hydrogen-bond acceptors (Lipinski definition) is 5. The summed E-state index contributed by atoms with van der Waals surface area (Å²) in [4.78, 5) is 16.7. The Morgan fingerprint density at radius 2 is 2.16 bits per heavy atom. The Kier molecular flexibility index (Phi) is 5.12. The van der Waals surface area contributed by atoms with Crippen molar-refractivity contribution in [2.24, 2.45) is 5.84 Å². The SMILES string of the molecule is CN(Cc1cc(Br)cs1)Cc1ccc(C(=O)NN)s1. The highest BCUT2D eigenvalue weighted by Crippen LogP contribution is 2.22. The Morgan fingerprint density at radius 1 is 1.42 bits per heavy atom. The molecule has 102 valence electrons. The summed E-state index contributed by atoms with van der Waals surface area (Å²) in [5, 5.41) is 2.08. The molecule has 0 radical (unpaired) electrons. The van der Waals surface area contributed by atoms with E-state index in [1.54, 1.807) is 17.4 Å². The van der Waals surface area contributed by atoms with Gasteiger partial charge in [0.2, 0.25) is 0 Å². The topological polar surface area (TPSA) is 58.4 Å². The van der Waals surface area contributed by atoms with Crippen molar-refractivity contribution >= 4 is 44.5 Å². The van der Waals surface area contributed by atoms with Crippen molar-refractivity contribution in [3.8, 4) is 0 Å². The van der Waals surface area contributed by atoms with Crippen LogP contribution < -0.4 is 11.3 Å². The minimum absolute atomic E-state index is 0.235. The number of rotatable bonds is 5. The third kappa shape index (κ3) is 4.12. The van der Waals surface area contributed by atoms with Crippen molar-refractivity contribution < 1.29 is 4.79 Å². The zero-order valence-electron chi connectivity index (χ0n) is 10.4. The minimum atomic E-state index is -0.235. The standard InChI is InChI=1S/C12H14BrN3OS2/c1-16(6-10-4-8(13)7-18-10)5-9-2-3-11(19-9)12(17)15-14/h2-4,7H,5-6,14H2,1H3,(H,15,17). The predicted octanol–water partition coefficient (Wildman–Crippen LogP) is 2.81. The summed E-state index contributed by atoms with van der Waals surface area (Å²) >= 11 is 6.66. The fourth-order valence-corrected chi connectivity index (χ4v) is 4.20. The fourth-order valence-electron chi connectivity index (χ4n) is 1.68. The second-order valence-corrected chi connectivity index (χ2v) is 7.22. The molecular weight excluding hydrogens is 346 g/mol. The van der Waals surface area contributed by atoms with Crippen LogP contribution in [0.4, 0.5) is 0 Å². The molecule has 0 unspecified atom stereocenters. The van der Waals surface area contributed by atoms with Gasteiger partial charge in [0, 0.05) is 32.7 Å². The van der Waals surface area contributed by atoms with Gasteiger partial charge in [0.05, 0.1) is 4.88 Å². The van der Waals surface area contributed by atoms with Gasteiger partial charge in [-0.25, -0.2) is 5.84 Å². The summed E-state index contributed by atoms with van der Waals surface area (Å²) in [6.07, 6.45) is 0. The van der Waals surface area contributed by atoms with Crippen molar-refractivity contribution in [3.63, 3.8) is 0 Å². The average molecular weight is 360 g/mol. The van der Waals surface area contributed by atoms with Crippen LogP contribution in [-0.2, 0) is 13.1 Å². The summed E-state index contributed by atoms with van der Waals surface area (Å²) < 4.78 is 1.12. The summed E-state index contributed by atoms with van der Waals surface area (Å²) in [7, 11) is 2.07. The number of nitrogen functional groups attached to an aromatic ring is 1. The first-order chi connectivity index (χ1) is 9.08. The lowest BCUT2D eigenvalue weighted by molar-refractivity contribution is 0.0957. The van der Waals surface area contributed by atoms with Gasteiger partial charge >= 0.3 is 0 Å². The summed E-state index contributed by atoms with van der Waals surface area (Å²) in [6, 6.07) is 5.90. The highest BCUT2D eigenvalue weighted by Gasteiger charge is 2.09. The van der Waals surface area contributed by atoms with Crippen molar-refractivity contribution in [2.75, 3.05) is 7.05 Å². The van der Waals surface area contributed by atoms with Crippen LogP contribution in [0.15, 0.2) is 28.1 Å². The number of hydrogen-bond donors (Lipinski definition) is 2. The number of amides is 1. The van der Waals surface area contributed by atoms with Gasteiger partial charge in [-0.3, -0.25) is 15.1 Å². The summed E-state index contributed by atoms with van der Waals surface area (Å²) in [5.41, 5.74) is 2.14. The molecule has 2 rings (SSSR count). The van der Waals surface area contributed by atoms with Crippen LogP contribution in [0, 0.1) is 0 Å². The smallest absolute Gasteiger partial charge is 0.275 e. The van der Waals surface area contributed by atoms with E-state index in [1.807, 2.05) is 6.07 Å². The van der Waals surface area contributed by atoms with E-state index in [-0.39, 0.29) is 5.91 Å². The van der Waals surface area contributed by atoms with Gasteiger partial charge in [-0.05, 0) is 41.2 Å². The number of nitrogens with one attached hydrogen (secondary N) is 1. The van der Waals surface area contributed by atoms with E-state index in [0.29, 0.717) is 4.88 Å². The predicted molar refractivity (Wildman–Crippen MR) is 83.2 cm³/mol. The molecule has 0 aliphatic heterocycles. The molecule has 0 fully saturated rings. The minimum Gasteiger partial charge on any atom is -0.296 e. The highest BCUT2D eigenvalue weighted by atomic mass is 79.9. The van der Waals surface area contributed by atoms with Gasteiger partial charge < -0.3 is 0 Å². The molecule has 2 aromatic rings. The third-order valence-corrected chi connectivity index (χ3v) is 5.24. The van der Waals surface area contributed by atoms with Gasteiger partial charge in [-0.1, -0.05) is 0 Å². The van der Waals surface area contributed by atoms with Crippen molar-refractivity contribution in [1.29, 1.82) is 0 Å². The molecule has 7 heteroatoms. The molecule has 0 spiro atoms. The normalized spacial score (nSPS) is 10.9. The molecule has 0 aliphatic rings. The molecule has 2 heterocycles. The Hall–Kier alpha value is -0.730. The number of nitrogens with zero attached hydrogens (tertiary/aromatic N) is 1. The fraction of sp³-hybridized carbons (Fsp3) is 0.250. The first kappa shape index (κ1) is 14.7. The van der Waals surface area contributed by atoms with Crippen LogP contribution in [-0.4, -0.2) is 17.9 Å². The van der Waals surface area contributed by atoms with E-state index < -0.39 is 0 Å². The first-order valence-electron chi connectivity index (χ1n) is 5.59. The zero-order valence-corrected chi connectivity index (χ0v) is 13.6. The maximum atomic E-state index is 11.4. The molecule has 3 N–H and O–H groups in total. The quantitative estimate of drug-likeness (QED) is 0.490. The molecular formula is C12H14BrN3OS2. The number of hydrazine groups is 1. The Labute approximate surface area is 128 Å². The Balaban J connectivity index is 1.93. The largest absolute Gasteiger partial charge is 0.296 e. The lowest BCUT2D eigenvalue weighted by Gasteiger charge is -2.14. The average Bonchev–Trinajstić information content (AvgIpc) is 2.98. The molecule has 1 amide bonds. The number of carbonyl (C=O) groups excluding carboxylic acids is 1. The van der Waals surface area contributed by atoms with Crippen molar-refractivity contribution in [1.82, 2.24) is 10.3 Å². The van der Waals surface area contributed by atoms with Crippen LogP contribution in [0.1, 0.15) is 19.4 Å². The van der Waals surface area contributed by atoms with E-state index in [4.69, 9.17) is 5.84 Å². The van der Waals surface area contributed by atoms with Crippen LogP contribution in [0.2, 0.25) is 0 Å². The first-order valence-corrected chi connectivity index (χ1v) is 8.08. The molecule has 0 saturated heterocycles. The summed E-state index contributed by atoms with van der Waals surface area (Å²) in [6.45, 7) is 1.71. The van der Waals surface area contributed by atoms with Crippen molar-refractivity contribution in [2.45, 2.75) is 13.1 Å². The van der Waals surface area contributed by atoms with E-state index in [9.17, 15) is 4.79 Å². The maximum Gasteiger partial charge on any atom is 0.275 e. The number of nitrogens with two attached hydrogens (primary N) is 1. The monoisotopic (exact) mass is 359 g/mol. The highest BCUT2D eigenvalue weighted by molar-refractivity contribution is 9.10. The van der Waals surface area contributed by atoms with Crippen LogP contribution >= 0.6 is 38.6 Å². The molecule has 19 heavy (non-hydrogen) atoms. The molecule has 0 aromatic carbocycles. The molecule has 0 saturated carbocycles.